The van der Waals surface area contributed by atoms with Crippen molar-refractivity contribution in [3.8, 4) is 0 Å². The summed E-state index contributed by atoms with van der Waals surface area (Å²) in [7, 11) is 0. The fourth-order valence-corrected chi connectivity index (χ4v) is 4.98. The van der Waals surface area contributed by atoms with Gasteiger partial charge in [0.25, 0.3) is 5.91 Å². The van der Waals surface area contributed by atoms with E-state index in [1.807, 2.05) is 12.1 Å². The van der Waals surface area contributed by atoms with Crippen LogP contribution < -0.4 is 15.5 Å². The zero-order chi connectivity index (χ0) is 23.8. The lowest BCUT2D eigenvalue weighted by atomic mass is 9.89. The number of hydrogen-bond donors (Lipinski definition) is 2. The molecule has 1 atom stereocenters. The second-order valence-electron chi connectivity index (χ2n) is 9.18. The van der Waals surface area contributed by atoms with Crippen molar-refractivity contribution in [1.29, 1.82) is 0 Å². The van der Waals surface area contributed by atoms with Gasteiger partial charge in [0.1, 0.15) is 0 Å². The number of benzene rings is 2. The van der Waals surface area contributed by atoms with Crippen LogP contribution in [0.25, 0.3) is 0 Å². The first-order valence-electron chi connectivity index (χ1n) is 12.3. The van der Waals surface area contributed by atoms with Crippen LogP contribution in [0, 0.1) is 5.92 Å². The number of anilines is 2. The molecule has 0 aliphatic carbocycles. The molecular formula is C27H34ClN3O3. The zero-order valence-electron chi connectivity index (χ0n) is 19.6. The standard InChI is InChI=1S/C27H34ClN3O3/c28-13-10-26(32)30-22-8-9-25(24(18-22)27(33)29-19-23-7-4-16-34-23)31-14-11-21(12-15-31)17-20-5-2-1-3-6-20/h1-3,5-6,8-9,18,21,23H,4,7,10-17,19H2,(H,29,33)(H,30,32). The van der Waals surface area contributed by atoms with Gasteiger partial charge in [0.2, 0.25) is 5.91 Å². The van der Waals surface area contributed by atoms with E-state index in [1.54, 1.807) is 6.07 Å². The molecule has 2 amide bonds. The topological polar surface area (TPSA) is 70.7 Å². The van der Waals surface area contributed by atoms with Gasteiger partial charge in [-0.25, -0.2) is 0 Å². The van der Waals surface area contributed by atoms with E-state index in [2.05, 4.69) is 45.9 Å². The number of nitrogens with one attached hydrogen (secondary N) is 2. The Morgan fingerprint density at radius 2 is 1.85 bits per heavy atom. The molecule has 34 heavy (non-hydrogen) atoms. The number of alkyl halides is 1. The van der Waals surface area contributed by atoms with Gasteiger partial charge >= 0.3 is 0 Å². The van der Waals surface area contributed by atoms with Crippen LogP contribution in [-0.4, -0.2) is 50.0 Å². The third-order valence-corrected chi connectivity index (χ3v) is 6.87. The molecule has 2 saturated heterocycles. The van der Waals surface area contributed by atoms with Crippen molar-refractivity contribution in [2.24, 2.45) is 5.92 Å². The minimum absolute atomic E-state index is 0.0766. The van der Waals surface area contributed by atoms with Crippen molar-refractivity contribution in [3.05, 3.63) is 59.7 Å². The van der Waals surface area contributed by atoms with E-state index >= 15 is 0 Å². The average Bonchev–Trinajstić information content (AvgIpc) is 3.38. The maximum atomic E-state index is 13.2. The smallest absolute Gasteiger partial charge is 0.253 e. The van der Waals surface area contributed by atoms with Crippen LogP contribution in [0.2, 0.25) is 0 Å². The van der Waals surface area contributed by atoms with E-state index in [4.69, 9.17) is 16.3 Å². The molecule has 6 nitrogen and oxygen atoms in total. The van der Waals surface area contributed by atoms with Crippen molar-refractivity contribution >= 4 is 34.8 Å². The normalized spacial score (nSPS) is 18.6. The zero-order valence-corrected chi connectivity index (χ0v) is 20.4. The summed E-state index contributed by atoms with van der Waals surface area (Å²) in [6.45, 7) is 3.06. The van der Waals surface area contributed by atoms with Gasteiger partial charge in [-0.2, -0.15) is 0 Å². The van der Waals surface area contributed by atoms with E-state index in [1.165, 1.54) is 5.56 Å². The monoisotopic (exact) mass is 483 g/mol. The van der Waals surface area contributed by atoms with E-state index in [-0.39, 0.29) is 30.2 Å². The van der Waals surface area contributed by atoms with Crippen LogP contribution in [0.15, 0.2) is 48.5 Å². The molecule has 1 unspecified atom stereocenters. The maximum Gasteiger partial charge on any atom is 0.253 e. The molecule has 2 N–H and O–H groups in total. The van der Waals surface area contributed by atoms with E-state index in [9.17, 15) is 9.59 Å². The predicted molar refractivity (Wildman–Crippen MR) is 137 cm³/mol. The van der Waals surface area contributed by atoms with Crippen molar-refractivity contribution in [2.75, 3.05) is 42.3 Å². The third kappa shape index (κ3) is 6.73. The minimum Gasteiger partial charge on any atom is -0.376 e. The molecule has 0 spiro atoms. The summed E-state index contributed by atoms with van der Waals surface area (Å²) >= 11 is 5.69. The Hall–Kier alpha value is -2.57. The number of ether oxygens (including phenoxy) is 1. The van der Waals surface area contributed by atoms with Gasteiger partial charge in [0.05, 0.1) is 11.7 Å². The van der Waals surface area contributed by atoms with E-state index in [0.29, 0.717) is 23.7 Å². The first-order valence-corrected chi connectivity index (χ1v) is 12.8. The lowest BCUT2D eigenvalue weighted by Crippen LogP contribution is -2.37. The molecule has 4 rings (SSSR count). The molecule has 7 heteroatoms. The third-order valence-electron chi connectivity index (χ3n) is 6.68. The largest absolute Gasteiger partial charge is 0.376 e. The highest BCUT2D eigenvalue weighted by Gasteiger charge is 2.24. The number of hydrogen-bond acceptors (Lipinski definition) is 4. The molecular weight excluding hydrogens is 450 g/mol. The number of nitrogens with zero attached hydrogens (tertiary/aromatic N) is 1. The van der Waals surface area contributed by atoms with Crippen molar-refractivity contribution in [2.45, 2.75) is 44.6 Å². The molecule has 2 aliphatic heterocycles. The van der Waals surface area contributed by atoms with Gasteiger partial charge in [-0.15, -0.1) is 11.6 Å². The molecule has 2 aromatic rings. The Labute approximate surface area is 207 Å². The highest BCUT2D eigenvalue weighted by Crippen LogP contribution is 2.30. The summed E-state index contributed by atoms with van der Waals surface area (Å²) < 4.78 is 5.66. The highest BCUT2D eigenvalue weighted by molar-refractivity contribution is 6.19. The van der Waals surface area contributed by atoms with Crippen LogP contribution >= 0.6 is 11.6 Å². The quantitative estimate of drug-likeness (QED) is 0.510. The number of amides is 2. The maximum absolute atomic E-state index is 13.2. The molecule has 2 aromatic carbocycles. The summed E-state index contributed by atoms with van der Waals surface area (Å²) in [5.41, 5.74) is 3.49. The number of halogens is 1. The van der Waals surface area contributed by atoms with Crippen molar-refractivity contribution in [3.63, 3.8) is 0 Å². The van der Waals surface area contributed by atoms with Crippen molar-refractivity contribution in [1.82, 2.24) is 5.32 Å². The summed E-state index contributed by atoms with van der Waals surface area (Å²) in [4.78, 5) is 27.5. The molecule has 2 aliphatic rings. The van der Waals surface area contributed by atoms with Gasteiger partial charge in [-0.3, -0.25) is 9.59 Å². The van der Waals surface area contributed by atoms with E-state index < -0.39 is 0 Å². The van der Waals surface area contributed by atoms with Crippen LogP contribution in [0.3, 0.4) is 0 Å². The van der Waals surface area contributed by atoms with Gasteiger partial charge < -0.3 is 20.3 Å². The Morgan fingerprint density at radius 3 is 2.56 bits per heavy atom. The molecule has 0 saturated carbocycles. The lowest BCUT2D eigenvalue weighted by Gasteiger charge is -2.35. The predicted octanol–water partition coefficient (Wildman–Crippen LogP) is 4.62. The Balaban J connectivity index is 1.45. The highest BCUT2D eigenvalue weighted by atomic mass is 35.5. The Morgan fingerprint density at radius 1 is 1.06 bits per heavy atom. The number of carbonyl (C=O) groups is 2. The average molecular weight is 484 g/mol. The molecule has 0 bridgehead atoms. The van der Waals surface area contributed by atoms with Crippen LogP contribution in [-0.2, 0) is 16.0 Å². The fraction of sp³-hybridized carbons (Fsp3) is 0.481. The fourth-order valence-electron chi connectivity index (χ4n) is 4.81. The van der Waals surface area contributed by atoms with Gasteiger partial charge in [0.15, 0.2) is 0 Å². The lowest BCUT2D eigenvalue weighted by molar-refractivity contribution is -0.115. The first kappa shape index (κ1) is 24.6. The Bertz CT molecular complexity index is 955. The number of rotatable bonds is 9. The van der Waals surface area contributed by atoms with Gasteiger partial charge in [-0.05, 0) is 61.8 Å². The summed E-state index contributed by atoms with van der Waals surface area (Å²) in [5, 5.41) is 5.90. The summed E-state index contributed by atoms with van der Waals surface area (Å²) in [6, 6.07) is 16.2. The second-order valence-corrected chi connectivity index (χ2v) is 9.56. The SMILES string of the molecule is O=C(CCCl)Nc1ccc(N2CCC(Cc3ccccc3)CC2)c(C(=O)NCC2CCCO2)c1. The summed E-state index contributed by atoms with van der Waals surface area (Å²) in [6.07, 6.45) is 5.57. The summed E-state index contributed by atoms with van der Waals surface area (Å²) in [5.74, 6) is 0.612. The molecule has 0 radical (unpaired) electrons. The number of piperidine rings is 1. The second kappa shape index (κ2) is 12.2. The molecule has 182 valence electrons. The van der Waals surface area contributed by atoms with Crippen molar-refractivity contribution < 1.29 is 14.3 Å². The molecule has 2 heterocycles. The minimum atomic E-state index is -0.157. The van der Waals surface area contributed by atoms with E-state index in [0.717, 1.165) is 57.5 Å². The van der Waals surface area contributed by atoms with Gasteiger partial charge in [0, 0.05) is 49.9 Å². The van der Waals surface area contributed by atoms with Crippen LogP contribution in [0.4, 0.5) is 11.4 Å². The first-order chi connectivity index (χ1) is 16.6. The molecule has 0 aromatic heterocycles. The molecule has 2 fully saturated rings. The van der Waals surface area contributed by atoms with Crippen LogP contribution in [0.1, 0.15) is 48.0 Å². The van der Waals surface area contributed by atoms with Crippen LogP contribution in [0.5, 0.6) is 0 Å². The number of carbonyl (C=O) groups excluding carboxylic acids is 2. The van der Waals surface area contributed by atoms with Gasteiger partial charge in [-0.1, -0.05) is 30.3 Å². The Kier molecular flexibility index (Phi) is 8.83.